The Balaban J connectivity index is 1.43. The summed E-state index contributed by atoms with van der Waals surface area (Å²) in [6.45, 7) is 8.91. The van der Waals surface area contributed by atoms with Gasteiger partial charge in [0.25, 0.3) is 0 Å². The number of hydrogen-bond acceptors (Lipinski definition) is 4. The minimum atomic E-state index is -0.496. The Morgan fingerprint density at radius 2 is 1.86 bits per heavy atom. The molecule has 2 heterocycles. The van der Waals surface area contributed by atoms with Crippen LogP contribution in [0.2, 0.25) is 0 Å². The molecule has 2 aliphatic heterocycles. The molecule has 2 atom stereocenters. The molecule has 3 rings (SSSR count). The van der Waals surface area contributed by atoms with E-state index in [1.807, 2.05) is 13.8 Å². The Labute approximate surface area is 174 Å². The number of carbonyl (C=O) groups excluding carboxylic acids is 2. The van der Waals surface area contributed by atoms with Crippen molar-refractivity contribution >= 4 is 11.8 Å². The van der Waals surface area contributed by atoms with Crippen LogP contribution in [0.25, 0.3) is 0 Å². The summed E-state index contributed by atoms with van der Waals surface area (Å²) >= 11 is 0. The van der Waals surface area contributed by atoms with Crippen molar-refractivity contribution < 1.29 is 14.3 Å². The predicted octanol–water partition coefficient (Wildman–Crippen LogP) is 2.48. The zero-order chi connectivity index (χ0) is 20.9. The van der Waals surface area contributed by atoms with Gasteiger partial charge in [-0.05, 0) is 37.2 Å². The molecular formula is C23H35N3O3. The van der Waals surface area contributed by atoms with Crippen molar-refractivity contribution in [2.45, 2.75) is 70.7 Å². The van der Waals surface area contributed by atoms with Crippen molar-refractivity contribution in [1.29, 1.82) is 0 Å². The summed E-state index contributed by atoms with van der Waals surface area (Å²) < 4.78 is 6.43. The van der Waals surface area contributed by atoms with Crippen LogP contribution < -0.4 is 10.6 Å². The minimum Gasteiger partial charge on any atom is -0.370 e. The molecule has 1 aromatic carbocycles. The van der Waals surface area contributed by atoms with Gasteiger partial charge in [-0.2, -0.15) is 0 Å². The maximum absolute atomic E-state index is 12.5. The summed E-state index contributed by atoms with van der Waals surface area (Å²) in [7, 11) is 0. The van der Waals surface area contributed by atoms with E-state index < -0.39 is 6.04 Å². The Morgan fingerprint density at radius 1 is 1.17 bits per heavy atom. The highest BCUT2D eigenvalue weighted by atomic mass is 16.5. The van der Waals surface area contributed by atoms with E-state index in [1.54, 1.807) is 0 Å². The summed E-state index contributed by atoms with van der Waals surface area (Å²) in [6.07, 6.45) is 4.19. The van der Waals surface area contributed by atoms with Gasteiger partial charge < -0.3 is 15.4 Å². The highest BCUT2D eigenvalue weighted by molar-refractivity contribution is 5.87. The molecule has 2 saturated heterocycles. The Kier molecular flexibility index (Phi) is 7.30. The largest absolute Gasteiger partial charge is 0.370 e. The van der Waals surface area contributed by atoms with Crippen LogP contribution in [0.1, 0.15) is 52.0 Å². The SMILES string of the molecule is CC(=O)N[C@@H](C(=O)NC[C@@H]1CCC2(CCN(Cc3ccccc3)CC2)O1)C(C)C. The second kappa shape index (κ2) is 9.72. The van der Waals surface area contributed by atoms with Crippen molar-refractivity contribution in [1.82, 2.24) is 15.5 Å². The molecule has 29 heavy (non-hydrogen) atoms. The Bertz CT molecular complexity index is 684. The first-order chi connectivity index (χ1) is 13.9. The van der Waals surface area contributed by atoms with Gasteiger partial charge in [-0.1, -0.05) is 44.2 Å². The van der Waals surface area contributed by atoms with Crippen LogP contribution in [0.3, 0.4) is 0 Å². The van der Waals surface area contributed by atoms with Gasteiger partial charge >= 0.3 is 0 Å². The quantitative estimate of drug-likeness (QED) is 0.736. The Hall–Kier alpha value is -1.92. The fourth-order valence-electron chi connectivity index (χ4n) is 4.45. The molecule has 1 spiro atoms. The van der Waals surface area contributed by atoms with Crippen LogP contribution in [0, 0.1) is 5.92 Å². The fraction of sp³-hybridized carbons (Fsp3) is 0.652. The number of nitrogens with one attached hydrogen (secondary N) is 2. The van der Waals surface area contributed by atoms with E-state index in [4.69, 9.17) is 4.74 Å². The third kappa shape index (κ3) is 6.03. The van der Waals surface area contributed by atoms with Crippen LogP contribution >= 0.6 is 0 Å². The van der Waals surface area contributed by atoms with Crippen molar-refractivity contribution in [3.05, 3.63) is 35.9 Å². The van der Waals surface area contributed by atoms with Crippen LogP contribution in [0.15, 0.2) is 30.3 Å². The molecule has 0 unspecified atom stereocenters. The zero-order valence-electron chi connectivity index (χ0n) is 17.9. The number of carbonyl (C=O) groups is 2. The van der Waals surface area contributed by atoms with E-state index in [9.17, 15) is 9.59 Å². The van der Waals surface area contributed by atoms with Gasteiger partial charge in [-0.15, -0.1) is 0 Å². The Morgan fingerprint density at radius 3 is 2.48 bits per heavy atom. The monoisotopic (exact) mass is 401 g/mol. The maximum atomic E-state index is 12.5. The lowest BCUT2D eigenvalue weighted by molar-refractivity contribution is -0.130. The highest BCUT2D eigenvalue weighted by Crippen LogP contribution is 2.39. The molecule has 0 aromatic heterocycles. The predicted molar refractivity (Wildman–Crippen MR) is 113 cm³/mol. The smallest absolute Gasteiger partial charge is 0.242 e. The molecule has 0 radical (unpaired) electrons. The summed E-state index contributed by atoms with van der Waals surface area (Å²) in [5.74, 6) is -0.265. The molecule has 6 heteroatoms. The molecule has 160 valence electrons. The highest BCUT2D eigenvalue weighted by Gasteiger charge is 2.42. The van der Waals surface area contributed by atoms with Crippen LogP contribution in [-0.2, 0) is 20.9 Å². The molecule has 0 saturated carbocycles. The van der Waals surface area contributed by atoms with Crippen molar-refractivity contribution in [3.8, 4) is 0 Å². The summed E-state index contributed by atoms with van der Waals surface area (Å²) in [4.78, 5) is 26.3. The van der Waals surface area contributed by atoms with Gasteiger partial charge in [0.2, 0.25) is 11.8 Å². The first kappa shape index (κ1) is 21.8. The van der Waals surface area contributed by atoms with E-state index in [0.717, 1.165) is 45.3 Å². The van der Waals surface area contributed by atoms with Gasteiger partial charge in [0.1, 0.15) is 6.04 Å². The van der Waals surface area contributed by atoms with Gasteiger partial charge in [0.15, 0.2) is 0 Å². The third-order valence-corrected chi connectivity index (χ3v) is 6.17. The van der Waals surface area contributed by atoms with E-state index in [2.05, 4.69) is 45.9 Å². The molecule has 6 nitrogen and oxygen atoms in total. The standard InChI is InChI=1S/C23H35N3O3/c1-17(2)21(25-18(3)27)22(28)24-15-20-9-10-23(29-20)11-13-26(14-12-23)16-19-7-5-4-6-8-19/h4-8,17,20-21H,9-16H2,1-3H3,(H,24,28)(H,25,27)/t20-,21+/m0/s1. The lowest BCUT2D eigenvalue weighted by Crippen LogP contribution is -2.50. The van der Waals surface area contributed by atoms with Gasteiger partial charge in [-0.3, -0.25) is 14.5 Å². The van der Waals surface area contributed by atoms with Gasteiger partial charge in [0.05, 0.1) is 11.7 Å². The lowest BCUT2D eigenvalue weighted by atomic mass is 9.88. The van der Waals surface area contributed by atoms with E-state index in [1.165, 1.54) is 12.5 Å². The molecule has 1 aromatic rings. The molecule has 2 aliphatic rings. The number of benzene rings is 1. The zero-order valence-corrected chi connectivity index (χ0v) is 17.9. The topological polar surface area (TPSA) is 70.7 Å². The summed E-state index contributed by atoms with van der Waals surface area (Å²) in [6, 6.07) is 10.1. The first-order valence-corrected chi connectivity index (χ1v) is 10.9. The van der Waals surface area contributed by atoms with Crippen LogP contribution in [-0.4, -0.2) is 54.1 Å². The average molecular weight is 402 g/mol. The van der Waals surface area contributed by atoms with Crippen molar-refractivity contribution in [3.63, 3.8) is 0 Å². The van der Waals surface area contributed by atoms with Crippen molar-refractivity contribution in [2.24, 2.45) is 5.92 Å². The molecule has 2 N–H and O–H groups in total. The molecule has 0 bridgehead atoms. The van der Waals surface area contributed by atoms with Gasteiger partial charge in [0, 0.05) is 33.1 Å². The molecular weight excluding hydrogens is 366 g/mol. The first-order valence-electron chi connectivity index (χ1n) is 10.9. The number of hydrogen-bond donors (Lipinski definition) is 2. The molecule has 0 aliphatic carbocycles. The number of piperidine rings is 1. The summed E-state index contributed by atoms with van der Waals surface area (Å²) in [5, 5.41) is 5.72. The van der Waals surface area contributed by atoms with E-state index in [-0.39, 0.29) is 29.4 Å². The second-order valence-corrected chi connectivity index (χ2v) is 8.89. The van der Waals surface area contributed by atoms with Crippen molar-refractivity contribution in [2.75, 3.05) is 19.6 Å². The fourth-order valence-corrected chi connectivity index (χ4v) is 4.45. The van der Waals surface area contributed by atoms with Crippen LogP contribution in [0.5, 0.6) is 0 Å². The molecule has 2 amide bonds. The molecule has 2 fully saturated rings. The second-order valence-electron chi connectivity index (χ2n) is 8.89. The number of amides is 2. The minimum absolute atomic E-state index is 0.0301. The maximum Gasteiger partial charge on any atom is 0.242 e. The lowest BCUT2D eigenvalue weighted by Gasteiger charge is -2.39. The summed E-state index contributed by atoms with van der Waals surface area (Å²) in [5.41, 5.74) is 1.33. The third-order valence-electron chi connectivity index (χ3n) is 6.17. The van der Waals surface area contributed by atoms with Gasteiger partial charge in [-0.25, -0.2) is 0 Å². The number of nitrogens with zero attached hydrogens (tertiary/aromatic N) is 1. The number of likely N-dealkylation sites (tertiary alicyclic amines) is 1. The number of ether oxygens (including phenoxy) is 1. The van der Waals surface area contributed by atoms with E-state index in [0.29, 0.717) is 6.54 Å². The number of rotatable bonds is 7. The normalized spacial score (nSPS) is 22.6. The average Bonchev–Trinajstić information content (AvgIpc) is 3.09. The van der Waals surface area contributed by atoms with Crippen LogP contribution in [0.4, 0.5) is 0 Å². The van der Waals surface area contributed by atoms with E-state index >= 15 is 0 Å².